The van der Waals surface area contributed by atoms with Gasteiger partial charge in [-0.3, -0.25) is 4.79 Å². The van der Waals surface area contributed by atoms with Crippen LogP contribution in [-0.4, -0.2) is 31.4 Å². The minimum Gasteiger partial charge on any atom is -0.351 e. The number of nitrogens with one attached hydrogen (secondary N) is 1. The molecule has 0 fully saturated rings. The van der Waals surface area contributed by atoms with Crippen LogP contribution < -0.4 is 5.32 Å². The van der Waals surface area contributed by atoms with E-state index >= 15 is 0 Å². The van der Waals surface area contributed by atoms with Gasteiger partial charge in [0.2, 0.25) is 5.91 Å². The number of aromatic nitrogens is 4. The van der Waals surface area contributed by atoms with Gasteiger partial charge < -0.3 is 5.32 Å². The number of halogens is 2. The Kier molecular flexibility index (Phi) is 5.99. The molecule has 2 heterocycles. The van der Waals surface area contributed by atoms with Crippen LogP contribution in [0.3, 0.4) is 0 Å². The van der Waals surface area contributed by atoms with Crippen LogP contribution in [0.4, 0.5) is 0 Å². The molecule has 0 saturated carbocycles. The van der Waals surface area contributed by atoms with Gasteiger partial charge >= 0.3 is 0 Å². The first-order valence-corrected chi connectivity index (χ1v) is 10.4. The third-order valence-electron chi connectivity index (χ3n) is 4.16. The number of hydrogen-bond donors (Lipinski definition) is 1. The Hall–Kier alpha value is -2.61. The van der Waals surface area contributed by atoms with Crippen LogP contribution in [0.1, 0.15) is 5.56 Å². The zero-order valence-corrected chi connectivity index (χ0v) is 17.4. The summed E-state index contributed by atoms with van der Waals surface area (Å²) in [5.74, 6) is 0.114. The van der Waals surface area contributed by atoms with E-state index in [1.165, 1.54) is 18.1 Å². The first-order chi connectivity index (χ1) is 14.1. The molecule has 0 atom stereocenters. The average Bonchev–Trinajstić information content (AvgIpc) is 3.16. The fraction of sp³-hybridized carbons (Fsp3) is 0.100. The molecule has 4 rings (SSSR count). The van der Waals surface area contributed by atoms with Gasteiger partial charge in [0.15, 0.2) is 5.65 Å². The molecule has 4 aromatic rings. The van der Waals surface area contributed by atoms with E-state index in [-0.39, 0.29) is 11.7 Å². The van der Waals surface area contributed by atoms with Gasteiger partial charge in [-0.05, 0) is 29.8 Å². The Morgan fingerprint density at radius 3 is 2.79 bits per heavy atom. The van der Waals surface area contributed by atoms with Crippen LogP contribution in [0.15, 0.2) is 66.1 Å². The predicted octanol–water partition coefficient (Wildman–Crippen LogP) is 4.53. The van der Waals surface area contributed by atoms with Crippen LogP contribution in [0, 0.1) is 0 Å². The maximum atomic E-state index is 12.2. The van der Waals surface area contributed by atoms with Gasteiger partial charge in [0.05, 0.1) is 23.0 Å². The Labute approximate surface area is 181 Å². The first kappa shape index (κ1) is 19.7. The average molecular weight is 444 g/mol. The van der Waals surface area contributed by atoms with Crippen molar-refractivity contribution in [2.75, 3.05) is 5.75 Å². The molecule has 146 valence electrons. The highest BCUT2D eigenvalue weighted by Gasteiger charge is 2.13. The van der Waals surface area contributed by atoms with Crippen molar-refractivity contribution in [2.24, 2.45) is 0 Å². The summed E-state index contributed by atoms with van der Waals surface area (Å²) in [5.41, 5.74) is 2.33. The number of rotatable bonds is 6. The molecule has 0 bridgehead atoms. The van der Waals surface area contributed by atoms with Gasteiger partial charge in [-0.25, -0.2) is 14.6 Å². The fourth-order valence-corrected chi connectivity index (χ4v) is 3.93. The molecule has 0 spiro atoms. The molecule has 0 aliphatic carbocycles. The molecule has 1 N–H and O–H groups in total. The lowest BCUT2D eigenvalue weighted by Gasteiger charge is -2.07. The molecule has 0 radical (unpaired) electrons. The van der Waals surface area contributed by atoms with Crippen molar-refractivity contribution in [3.63, 3.8) is 0 Å². The van der Waals surface area contributed by atoms with E-state index in [4.69, 9.17) is 23.2 Å². The molecule has 29 heavy (non-hydrogen) atoms. The minimum absolute atomic E-state index is 0.107. The second kappa shape index (κ2) is 8.82. The van der Waals surface area contributed by atoms with Crippen molar-refractivity contribution in [1.82, 2.24) is 25.1 Å². The lowest BCUT2D eigenvalue weighted by Crippen LogP contribution is -2.24. The number of carbonyl (C=O) groups excluding carboxylic acids is 1. The van der Waals surface area contributed by atoms with E-state index < -0.39 is 0 Å². The number of hydrogen-bond acceptors (Lipinski definition) is 5. The summed E-state index contributed by atoms with van der Waals surface area (Å²) in [6, 6.07) is 14.8. The standard InChI is InChI=1S/C20H15Cl2N5OS/c21-14-5-3-6-15(8-14)27-19-16(10-26-27)20(25-12-24-19)29-11-18(28)23-9-13-4-1-2-7-17(13)22/h1-8,10,12H,9,11H2,(H,23,28). The van der Waals surface area contributed by atoms with Gasteiger partial charge in [-0.15, -0.1) is 0 Å². The Morgan fingerprint density at radius 1 is 1.10 bits per heavy atom. The summed E-state index contributed by atoms with van der Waals surface area (Å²) in [4.78, 5) is 20.9. The fourth-order valence-electron chi connectivity index (χ4n) is 2.75. The Balaban J connectivity index is 1.46. The number of thioether (sulfide) groups is 1. The van der Waals surface area contributed by atoms with E-state index in [9.17, 15) is 4.79 Å². The topological polar surface area (TPSA) is 72.7 Å². The van der Waals surface area contributed by atoms with Crippen molar-refractivity contribution in [2.45, 2.75) is 11.6 Å². The summed E-state index contributed by atoms with van der Waals surface area (Å²) in [6.45, 7) is 0.380. The number of amides is 1. The van der Waals surface area contributed by atoms with Gasteiger partial charge in [-0.1, -0.05) is 59.2 Å². The largest absolute Gasteiger partial charge is 0.351 e. The summed E-state index contributed by atoms with van der Waals surface area (Å²) >= 11 is 13.5. The Morgan fingerprint density at radius 2 is 1.97 bits per heavy atom. The molecule has 9 heteroatoms. The lowest BCUT2D eigenvalue weighted by molar-refractivity contribution is -0.118. The van der Waals surface area contributed by atoms with Crippen LogP contribution in [0.2, 0.25) is 10.0 Å². The van der Waals surface area contributed by atoms with Crippen LogP contribution >= 0.6 is 35.0 Å². The number of benzene rings is 2. The smallest absolute Gasteiger partial charge is 0.230 e. The molecule has 2 aromatic heterocycles. The van der Waals surface area contributed by atoms with Crippen LogP contribution in [-0.2, 0) is 11.3 Å². The molecule has 0 aliphatic rings. The number of nitrogens with zero attached hydrogens (tertiary/aromatic N) is 4. The summed E-state index contributed by atoms with van der Waals surface area (Å²) in [5, 5.41) is 9.99. The molecule has 0 saturated heterocycles. The normalized spacial score (nSPS) is 11.0. The molecular formula is C20H15Cl2N5OS. The maximum Gasteiger partial charge on any atom is 0.230 e. The monoisotopic (exact) mass is 443 g/mol. The first-order valence-electron chi connectivity index (χ1n) is 8.69. The maximum absolute atomic E-state index is 12.2. The summed E-state index contributed by atoms with van der Waals surface area (Å²) in [7, 11) is 0. The van der Waals surface area contributed by atoms with E-state index in [1.54, 1.807) is 23.0 Å². The van der Waals surface area contributed by atoms with E-state index in [0.29, 0.717) is 27.3 Å². The molecule has 2 aromatic carbocycles. The van der Waals surface area contributed by atoms with E-state index in [2.05, 4.69) is 20.4 Å². The highest BCUT2D eigenvalue weighted by Crippen LogP contribution is 2.26. The van der Waals surface area contributed by atoms with Gasteiger partial charge in [-0.2, -0.15) is 5.10 Å². The summed E-state index contributed by atoms with van der Waals surface area (Å²) in [6.07, 6.45) is 3.16. The van der Waals surface area contributed by atoms with Gasteiger partial charge in [0.25, 0.3) is 0 Å². The van der Waals surface area contributed by atoms with E-state index in [1.807, 2.05) is 36.4 Å². The minimum atomic E-state index is -0.107. The second-order valence-electron chi connectivity index (χ2n) is 6.11. The quantitative estimate of drug-likeness (QED) is 0.350. The zero-order chi connectivity index (χ0) is 20.2. The number of carbonyl (C=O) groups is 1. The van der Waals surface area contributed by atoms with Crippen molar-refractivity contribution >= 4 is 51.9 Å². The highest BCUT2D eigenvalue weighted by molar-refractivity contribution is 8.00. The molecular weight excluding hydrogens is 429 g/mol. The van der Waals surface area contributed by atoms with Crippen molar-refractivity contribution in [1.29, 1.82) is 0 Å². The van der Waals surface area contributed by atoms with Gasteiger partial charge in [0.1, 0.15) is 11.4 Å². The van der Waals surface area contributed by atoms with Crippen molar-refractivity contribution < 1.29 is 4.79 Å². The third kappa shape index (κ3) is 4.53. The second-order valence-corrected chi connectivity index (χ2v) is 7.92. The molecule has 0 unspecified atom stereocenters. The van der Waals surface area contributed by atoms with Crippen molar-refractivity contribution in [3.8, 4) is 5.69 Å². The molecule has 1 amide bonds. The van der Waals surface area contributed by atoms with Crippen LogP contribution in [0.25, 0.3) is 16.7 Å². The van der Waals surface area contributed by atoms with Crippen molar-refractivity contribution in [3.05, 3.63) is 76.7 Å². The SMILES string of the molecule is O=C(CSc1ncnc2c1cnn2-c1cccc(Cl)c1)NCc1ccccc1Cl. The van der Waals surface area contributed by atoms with Gasteiger partial charge in [0, 0.05) is 16.6 Å². The van der Waals surface area contributed by atoms with Crippen LogP contribution in [0.5, 0.6) is 0 Å². The third-order valence-corrected chi connectivity index (χ3v) is 5.76. The highest BCUT2D eigenvalue weighted by atomic mass is 35.5. The van der Waals surface area contributed by atoms with E-state index in [0.717, 1.165) is 16.6 Å². The lowest BCUT2D eigenvalue weighted by atomic mass is 10.2. The zero-order valence-electron chi connectivity index (χ0n) is 15.0. The summed E-state index contributed by atoms with van der Waals surface area (Å²) < 4.78 is 1.70. The molecule has 0 aliphatic heterocycles. The predicted molar refractivity (Wildman–Crippen MR) is 116 cm³/mol. The Bertz CT molecular complexity index is 1180. The number of fused-ring (bicyclic) bond motifs is 1. The molecule has 6 nitrogen and oxygen atoms in total.